The van der Waals surface area contributed by atoms with Gasteiger partial charge in [-0.05, 0) is 43.7 Å². The van der Waals surface area contributed by atoms with Gasteiger partial charge in [-0.15, -0.1) is 11.8 Å². The van der Waals surface area contributed by atoms with E-state index >= 15 is 0 Å². The van der Waals surface area contributed by atoms with Crippen LogP contribution in [0.4, 0.5) is 4.39 Å². The van der Waals surface area contributed by atoms with E-state index in [9.17, 15) is 9.50 Å². The zero-order chi connectivity index (χ0) is 12.1. The van der Waals surface area contributed by atoms with Gasteiger partial charge in [0, 0.05) is 23.7 Å². The maximum atomic E-state index is 12.7. The minimum atomic E-state index is -0.187. The van der Waals surface area contributed by atoms with E-state index in [0.29, 0.717) is 0 Å². The third-order valence-corrected chi connectivity index (χ3v) is 3.96. The monoisotopic (exact) mass is 255 g/mol. The molecular weight excluding hydrogens is 237 g/mol. The fraction of sp³-hybridized carbons (Fsp3) is 0.538. The van der Waals surface area contributed by atoms with Gasteiger partial charge < -0.3 is 5.11 Å². The fourth-order valence-corrected chi connectivity index (χ4v) is 2.97. The molecule has 0 radical (unpaired) electrons. The second-order valence-corrected chi connectivity index (χ2v) is 5.57. The molecule has 1 aliphatic rings. The Morgan fingerprint density at radius 3 is 2.82 bits per heavy atom. The summed E-state index contributed by atoms with van der Waals surface area (Å²) >= 11 is 1.73. The molecule has 0 aromatic heterocycles. The third-order valence-electron chi connectivity index (χ3n) is 2.97. The number of β-amino-alcohol motifs (C(OH)–C–C–N with tert-alkyl or cyclic N) is 1. The van der Waals surface area contributed by atoms with Crippen LogP contribution in [0.15, 0.2) is 29.2 Å². The first-order valence-electron chi connectivity index (χ1n) is 6.03. The van der Waals surface area contributed by atoms with Crippen LogP contribution in [0.25, 0.3) is 0 Å². The molecule has 1 saturated heterocycles. The van der Waals surface area contributed by atoms with Crippen LogP contribution in [0, 0.1) is 5.82 Å². The molecule has 0 amide bonds. The Morgan fingerprint density at radius 1 is 1.35 bits per heavy atom. The van der Waals surface area contributed by atoms with E-state index in [0.717, 1.165) is 43.1 Å². The Bertz CT molecular complexity index is 344. The molecule has 17 heavy (non-hydrogen) atoms. The smallest absolute Gasteiger partial charge is 0.123 e. The van der Waals surface area contributed by atoms with E-state index in [1.807, 2.05) is 12.1 Å². The van der Waals surface area contributed by atoms with Crippen LogP contribution in [0.5, 0.6) is 0 Å². The summed E-state index contributed by atoms with van der Waals surface area (Å²) in [6.07, 6.45) is 1.86. The molecule has 94 valence electrons. The fourth-order valence-electron chi connectivity index (χ4n) is 2.06. The van der Waals surface area contributed by atoms with E-state index < -0.39 is 0 Å². The van der Waals surface area contributed by atoms with Crippen LogP contribution in [0.3, 0.4) is 0 Å². The normalized spacial score (nSPS) is 21.6. The molecule has 1 heterocycles. The molecule has 1 N–H and O–H groups in total. The zero-order valence-electron chi connectivity index (χ0n) is 9.81. The van der Waals surface area contributed by atoms with Crippen LogP contribution in [-0.4, -0.2) is 41.5 Å². The summed E-state index contributed by atoms with van der Waals surface area (Å²) in [5.41, 5.74) is 0. The van der Waals surface area contributed by atoms with Crippen LogP contribution in [0.1, 0.15) is 12.8 Å². The number of hydrogen-bond acceptors (Lipinski definition) is 3. The number of aliphatic hydroxyl groups excluding tert-OH is 1. The van der Waals surface area contributed by atoms with Gasteiger partial charge in [0.1, 0.15) is 5.82 Å². The van der Waals surface area contributed by atoms with Crippen molar-refractivity contribution in [3.8, 4) is 0 Å². The summed E-state index contributed by atoms with van der Waals surface area (Å²) in [5, 5.41) is 9.54. The number of halogens is 1. The first-order valence-corrected chi connectivity index (χ1v) is 7.01. The number of nitrogens with zero attached hydrogens (tertiary/aromatic N) is 1. The predicted octanol–water partition coefficient (Wildman–Crippen LogP) is 2.37. The molecule has 1 aromatic rings. The van der Waals surface area contributed by atoms with Crippen molar-refractivity contribution in [2.45, 2.75) is 23.8 Å². The molecule has 0 bridgehead atoms. The van der Waals surface area contributed by atoms with Gasteiger partial charge in [0.25, 0.3) is 0 Å². The Hall–Kier alpha value is -0.580. The highest BCUT2D eigenvalue weighted by Gasteiger charge is 2.16. The number of likely N-dealkylation sites (tertiary alicyclic amines) is 1. The molecule has 1 aromatic carbocycles. The molecule has 2 nitrogen and oxygen atoms in total. The van der Waals surface area contributed by atoms with Crippen molar-refractivity contribution in [1.29, 1.82) is 0 Å². The topological polar surface area (TPSA) is 23.5 Å². The van der Waals surface area contributed by atoms with E-state index in [1.165, 1.54) is 12.1 Å². The summed E-state index contributed by atoms with van der Waals surface area (Å²) in [4.78, 5) is 3.40. The largest absolute Gasteiger partial charge is 0.392 e. The molecule has 2 rings (SSSR count). The molecule has 1 aliphatic heterocycles. The molecule has 0 spiro atoms. The second kappa shape index (κ2) is 6.38. The number of hydrogen-bond donors (Lipinski definition) is 1. The summed E-state index contributed by atoms with van der Waals surface area (Å²) < 4.78 is 12.7. The molecular formula is C13H18FNOS. The summed E-state index contributed by atoms with van der Waals surface area (Å²) in [6.45, 7) is 2.87. The van der Waals surface area contributed by atoms with Gasteiger partial charge in [-0.1, -0.05) is 0 Å². The van der Waals surface area contributed by atoms with Crippen molar-refractivity contribution < 1.29 is 9.50 Å². The average molecular weight is 255 g/mol. The van der Waals surface area contributed by atoms with Gasteiger partial charge in [0.05, 0.1) is 6.10 Å². The van der Waals surface area contributed by atoms with Gasteiger partial charge in [-0.25, -0.2) is 4.39 Å². The Balaban J connectivity index is 1.70. The average Bonchev–Trinajstić information content (AvgIpc) is 2.32. The first kappa shape index (κ1) is 12.9. The number of piperidine rings is 1. The molecule has 1 fully saturated rings. The Morgan fingerprint density at radius 2 is 2.12 bits per heavy atom. The molecule has 0 aliphatic carbocycles. The highest BCUT2D eigenvalue weighted by molar-refractivity contribution is 7.99. The zero-order valence-corrected chi connectivity index (χ0v) is 10.6. The second-order valence-electron chi connectivity index (χ2n) is 4.40. The van der Waals surface area contributed by atoms with Crippen LogP contribution < -0.4 is 0 Å². The van der Waals surface area contributed by atoms with Crippen molar-refractivity contribution in [2.24, 2.45) is 0 Å². The van der Waals surface area contributed by atoms with Crippen molar-refractivity contribution in [3.05, 3.63) is 30.1 Å². The first-order chi connectivity index (χ1) is 8.24. The Kier molecular flexibility index (Phi) is 4.83. The summed E-state index contributed by atoms with van der Waals surface area (Å²) in [5.74, 6) is 0.798. The van der Waals surface area contributed by atoms with Crippen LogP contribution in [0.2, 0.25) is 0 Å². The van der Waals surface area contributed by atoms with Gasteiger partial charge in [0.2, 0.25) is 0 Å². The lowest BCUT2D eigenvalue weighted by Crippen LogP contribution is -2.39. The lowest BCUT2D eigenvalue weighted by molar-refractivity contribution is 0.0743. The van der Waals surface area contributed by atoms with Crippen molar-refractivity contribution in [3.63, 3.8) is 0 Å². The minimum absolute atomic E-state index is 0.153. The van der Waals surface area contributed by atoms with Gasteiger partial charge in [-0.3, -0.25) is 4.90 Å². The van der Waals surface area contributed by atoms with Gasteiger partial charge in [-0.2, -0.15) is 0 Å². The molecule has 4 heteroatoms. The number of rotatable bonds is 4. The minimum Gasteiger partial charge on any atom is -0.392 e. The van der Waals surface area contributed by atoms with Gasteiger partial charge >= 0.3 is 0 Å². The molecule has 1 atom stereocenters. The maximum Gasteiger partial charge on any atom is 0.123 e. The highest BCUT2D eigenvalue weighted by Crippen LogP contribution is 2.19. The molecule has 0 saturated carbocycles. The quantitative estimate of drug-likeness (QED) is 0.836. The number of aliphatic hydroxyl groups is 1. The number of thioether (sulfide) groups is 1. The standard InChI is InChI=1S/C13H18FNOS/c14-11-3-5-13(6-4-11)17-9-8-15-7-1-2-12(16)10-15/h3-6,12,16H,1-2,7-10H2/t12-/m0/s1. The summed E-state index contributed by atoms with van der Waals surface area (Å²) in [7, 11) is 0. The van der Waals surface area contributed by atoms with E-state index in [2.05, 4.69) is 4.90 Å². The SMILES string of the molecule is O[C@H]1CCCN(CCSc2ccc(F)cc2)C1. The van der Waals surface area contributed by atoms with Crippen molar-refractivity contribution >= 4 is 11.8 Å². The van der Waals surface area contributed by atoms with E-state index in [4.69, 9.17) is 0 Å². The molecule has 0 unspecified atom stereocenters. The Labute approximate surface area is 106 Å². The predicted molar refractivity (Wildman–Crippen MR) is 68.8 cm³/mol. The van der Waals surface area contributed by atoms with E-state index in [-0.39, 0.29) is 11.9 Å². The lowest BCUT2D eigenvalue weighted by atomic mass is 10.1. The lowest BCUT2D eigenvalue weighted by Gasteiger charge is -2.29. The van der Waals surface area contributed by atoms with Crippen molar-refractivity contribution in [2.75, 3.05) is 25.4 Å². The van der Waals surface area contributed by atoms with Gasteiger partial charge in [0.15, 0.2) is 0 Å². The van der Waals surface area contributed by atoms with Crippen LogP contribution in [-0.2, 0) is 0 Å². The summed E-state index contributed by atoms with van der Waals surface area (Å²) in [6, 6.07) is 6.61. The third kappa shape index (κ3) is 4.30. The van der Waals surface area contributed by atoms with E-state index in [1.54, 1.807) is 11.8 Å². The van der Waals surface area contributed by atoms with Crippen LogP contribution >= 0.6 is 11.8 Å². The van der Waals surface area contributed by atoms with Crippen molar-refractivity contribution in [1.82, 2.24) is 4.90 Å². The number of benzene rings is 1. The maximum absolute atomic E-state index is 12.7. The highest BCUT2D eigenvalue weighted by atomic mass is 32.2.